The molecule has 21 heavy (non-hydrogen) atoms. The van der Waals surface area contributed by atoms with Gasteiger partial charge < -0.3 is 15.5 Å². The molecular weight excluding hydrogens is 334 g/mol. The van der Waals surface area contributed by atoms with Crippen LogP contribution in [0.15, 0.2) is 22.7 Å². The molecule has 1 aromatic carbocycles. The second kappa shape index (κ2) is 7.45. The highest BCUT2D eigenvalue weighted by Crippen LogP contribution is 2.19. The van der Waals surface area contributed by atoms with Gasteiger partial charge in [0.2, 0.25) is 11.8 Å². The number of hydrogen-bond donors (Lipinski definition) is 2. The summed E-state index contributed by atoms with van der Waals surface area (Å²) in [5, 5.41) is 5.70. The molecule has 1 fully saturated rings. The van der Waals surface area contributed by atoms with E-state index < -0.39 is 0 Å². The number of benzene rings is 1. The van der Waals surface area contributed by atoms with Crippen LogP contribution in [-0.2, 0) is 9.59 Å². The lowest BCUT2D eigenvalue weighted by Crippen LogP contribution is -2.40. The van der Waals surface area contributed by atoms with Crippen LogP contribution in [0.4, 0.5) is 5.69 Å². The van der Waals surface area contributed by atoms with E-state index >= 15 is 0 Å². The van der Waals surface area contributed by atoms with Crippen molar-refractivity contribution in [1.29, 1.82) is 0 Å². The molecule has 0 atom stereocenters. The highest BCUT2D eigenvalue weighted by Gasteiger charge is 2.17. The summed E-state index contributed by atoms with van der Waals surface area (Å²) in [5.74, 6) is -0.177. The minimum Gasteiger partial charge on any atom is -0.376 e. The Morgan fingerprint density at radius 3 is 2.62 bits per heavy atom. The quantitative estimate of drug-likeness (QED) is 0.849. The average molecular weight is 354 g/mol. The van der Waals surface area contributed by atoms with Crippen molar-refractivity contribution >= 4 is 33.4 Å². The van der Waals surface area contributed by atoms with Crippen LogP contribution < -0.4 is 10.6 Å². The number of nitrogens with zero attached hydrogens (tertiary/aromatic N) is 1. The Hall–Kier alpha value is -1.56. The van der Waals surface area contributed by atoms with Gasteiger partial charge in [0.25, 0.3) is 0 Å². The lowest BCUT2D eigenvalue weighted by molar-refractivity contribution is -0.131. The Kier molecular flexibility index (Phi) is 5.61. The maximum absolute atomic E-state index is 11.8. The predicted octanol–water partition coefficient (Wildman–Crippen LogP) is 1.91. The zero-order valence-corrected chi connectivity index (χ0v) is 13.7. The maximum Gasteiger partial charge on any atom is 0.241 e. The Balaban J connectivity index is 1.71. The minimum atomic E-state index is -0.178. The van der Waals surface area contributed by atoms with Crippen LogP contribution in [0.3, 0.4) is 0 Å². The summed E-state index contributed by atoms with van der Waals surface area (Å²) in [4.78, 5) is 25.3. The van der Waals surface area contributed by atoms with Gasteiger partial charge in [-0.25, -0.2) is 0 Å². The topological polar surface area (TPSA) is 61.4 Å². The molecule has 1 heterocycles. The number of hydrogen-bond acceptors (Lipinski definition) is 3. The van der Waals surface area contributed by atoms with E-state index in [2.05, 4.69) is 26.6 Å². The summed E-state index contributed by atoms with van der Waals surface area (Å²) in [6.45, 7) is 3.86. The zero-order valence-electron chi connectivity index (χ0n) is 12.1. The van der Waals surface area contributed by atoms with E-state index in [4.69, 9.17) is 0 Å². The Labute approximate surface area is 133 Å². The molecule has 2 N–H and O–H groups in total. The van der Waals surface area contributed by atoms with E-state index in [9.17, 15) is 9.59 Å². The lowest BCUT2D eigenvalue weighted by Gasteiger charge is -2.15. The highest BCUT2D eigenvalue weighted by molar-refractivity contribution is 9.10. The molecule has 0 saturated carbocycles. The fourth-order valence-corrected chi connectivity index (χ4v) is 2.50. The van der Waals surface area contributed by atoms with Crippen LogP contribution >= 0.6 is 15.9 Å². The summed E-state index contributed by atoms with van der Waals surface area (Å²) < 4.78 is 1.04. The molecule has 0 spiro atoms. The third-order valence-electron chi connectivity index (χ3n) is 3.51. The second-order valence-electron chi connectivity index (χ2n) is 5.18. The highest BCUT2D eigenvalue weighted by atomic mass is 79.9. The number of amides is 2. The first kappa shape index (κ1) is 15.8. The summed E-state index contributed by atoms with van der Waals surface area (Å²) in [6, 6.07) is 5.80. The molecule has 0 unspecified atom stereocenters. The summed E-state index contributed by atoms with van der Waals surface area (Å²) in [7, 11) is 0. The van der Waals surface area contributed by atoms with Crippen LogP contribution in [0.2, 0.25) is 0 Å². The van der Waals surface area contributed by atoms with Gasteiger partial charge in [0.15, 0.2) is 0 Å². The lowest BCUT2D eigenvalue weighted by atomic mass is 10.2. The van der Waals surface area contributed by atoms with E-state index in [-0.39, 0.29) is 24.9 Å². The molecule has 5 nitrogen and oxygen atoms in total. The standard InChI is InChI=1S/C15H20BrN3O2/c1-11-8-12(4-5-13(11)16)17-9-14(20)18-10-15(21)19-6-2-3-7-19/h4-5,8,17H,2-3,6-7,9-10H2,1H3,(H,18,20). The number of carbonyl (C=O) groups excluding carboxylic acids is 2. The van der Waals surface area contributed by atoms with Gasteiger partial charge in [-0.05, 0) is 43.5 Å². The Morgan fingerprint density at radius 2 is 1.95 bits per heavy atom. The van der Waals surface area contributed by atoms with Gasteiger partial charge in [0.05, 0.1) is 13.1 Å². The number of rotatable bonds is 5. The third kappa shape index (κ3) is 4.74. The van der Waals surface area contributed by atoms with Gasteiger partial charge in [-0.3, -0.25) is 9.59 Å². The van der Waals surface area contributed by atoms with Crippen molar-refractivity contribution in [3.63, 3.8) is 0 Å². The van der Waals surface area contributed by atoms with Crippen molar-refractivity contribution < 1.29 is 9.59 Å². The zero-order chi connectivity index (χ0) is 15.2. The van der Waals surface area contributed by atoms with E-state index in [1.54, 1.807) is 4.90 Å². The molecule has 1 aliphatic heterocycles. The molecule has 0 radical (unpaired) electrons. The fourth-order valence-electron chi connectivity index (χ4n) is 2.25. The van der Waals surface area contributed by atoms with Crippen LogP contribution in [-0.4, -0.2) is 42.9 Å². The monoisotopic (exact) mass is 353 g/mol. The third-order valence-corrected chi connectivity index (χ3v) is 4.40. The number of halogens is 1. The summed E-state index contributed by atoms with van der Waals surface area (Å²) >= 11 is 3.43. The fraction of sp³-hybridized carbons (Fsp3) is 0.467. The van der Waals surface area contributed by atoms with E-state index in [0.717, 1.165) is 41.7 Å². The maximum atomic E-state index is 11.8. The molecule has 6 heteroatoms. The van der Waals surface area contributed by atoms with Crippen molar-refractivity contribution in [2.75, 3.05) is 31.5 Å². The summed E-state index contributed by atoms with van der Waals surface area (Å²) in [6.07, 6.45) is 2.12. The SMILES string of the molecule is Cc1cc(NCC(=O)NCC(=O)N2CCCC2)ccc1Br. The molecule has 0 aromatic heterocycles. The Morgan fingerprint density at radius 1 is 1.24 bits per heavy atom. The number of carbonyl (C=O) groups is 2. The number of nitrogens with one attached hydrogen (secondary N) is 2. The van der Waals surface area contributed by atoms with Gasteiger partial charge in [0.1, 0.15) is 0 Å². The van der Waals surface area contributed by atoms with Crippen molar-refractivity contribution in [2.45, 2.75) is 19.8 Å². The van der Waals surface area contributed by atoms with Gasteiger partial charge in [0, 0.05) is 23.2 Å². The molecule has 0 aliphatic carbocycles. The van der Waals surface area contributed by atoms with Crippen molar-refractivity contribution in [3.05, 3.63) is 28.2 Å². The first-order valence-corrected chi connectivity index (χ1v) is 7.90. The van der Waals surface area contributed by atoms with Crippen LogP contribution in [0.1, 0.15) is 18.4 Å². The normalized spacial score (nSPS) is 14.1. The van der Waals surface area contributed by atoms with Crippen LogP contribution in [0, 0.1) is 6.92 Å². The van der Waals surface area contributed by atoms with Crippen LogP contribution in [0.25, 0.3) is 0 Å². The minimum absolute atomic E-state index is 0.000311. The first-order chi connectivity index (χ1) is 10.1. The average Bonchev–Trinajstić information content (AvgIpc) is 3.00. The molecule has 2 amide bonds. The largest absolute Gasteiger partial charge is 0.376 e. The second-order valence-corrected chi connectivity index (χ2v) is 6.04. The molecule has 1 aliphatic rings. The summed E-state index contributed by atoms with van der Waals surface area (Å²) in [5.41, 5.74) is 1.99. The smallest absolute Gasteiger partial charge is 0.241 e. The molecule has 1 aromatic rings. The predicted molar refractivity (Wildman–Crippen MR) is 86.2 cm³/mol. The van der Waals surface area contributed by atoms with Gasteiger partial charge >= 0.3 is 0 Å². The number of anilines is 1. The van der Waals surface area contributed by atoms with E-state index in [1.165, 1.54) is 0 Å². The van der Waals surface area contributed by atoms with E-state index in [1.807, 2.05) is 25.1 Å². The van der Waals surface area contributed by atoms with Crippen molar-refractivity contribution in [2.24, 2.45) is 0 Å². The van der Waals surface area contributed by atoms with Gasteiger partial charge in [-0.2, -0.15) is 0 Å². The van der Waals surface area contributed by atoms with Crippen LogP contribution in [0.5, 0.6) is 0 Å². The molecule has 114 valence electrons. The van der Waals surface area contributed by atoms with Crippen molar-refractivity contribution in [1.82, 2.24) is 10.2 Å². The van der Waals surface area contributed by atoms with Gasteiger partial charge in [-0.1, -0.05) is 15.9 Å². The van der Waals surface area contributed by atoms with Gasteiger partial charge in [-0.15, -0.1) is 0 Å². The number of aryl methyl sites for hydroxylation is 1. The molecule has 0 bridgehead atoms. The van der Waals surface area contributed by atoms with Crippen molar-refractivity contribution in [3.8, 4) is 0 Å². The number of likely N-dealkylation sites (tertiary alicyclic amines) is 1. The first-order valence-electron chi connectivity index (χ1n) is 7.11. The van der Waals surface area contributed by atoms with E-state index in [0.29, 0.717) is 0 Å². The molecular formula is C15H20BrN3O2. The Bertz CT molecular complexity index is 528. The molecule has 2 rings (SSSR count). The molecule has 1 saturated heterocycles.